The van der Waals surface area contributed by atoms with Gasteiger partial charge in [-0.25, -0.2) is 4.39 Å². The maximum atomic E-state index is 13.1. The third-order valence-corrected chi connectivity index (χ3v) is 3.85. The Kier molecular flexibility index (Phi) is 3.63. The fourth-order valence-electron chi connectivity index (χ4n) is 2.39. The summed E-state index contributed by atoms with van der Waals surface area (Å²) in [6, 6.07) is 6.01. The first kappa shape index (κ1) is 14.0. The van der Waals surface area contributed by atoms with Gasteiger partial charge in [0, 0.05) is 11.7 Å². The van der Waals surface area contributed by atoms with Crippen LogP contribution in [0.5, 0.6) is 0 Å². The smallest absolute Gasteiger partial charge is 0.251 e. The van der Waals surface area contributed by atoms with Crippen molar-refractivity contribution in [2.75, 3.05) is 0 Å². The number of halogens is 1. The molecule has 4 nitrogen and oxygen atoms in total. The summed E-state index contributed by atoms with van der Waals surface area (Å²) < 4.78 is 13.1. The minimum Gasteiger partial charge on any atom is -0.351 e. The van der Waals surface area contributed by atoms with Crippen LogP contribution in [-0.4, -0.2) is 17.1 Å². The Hall–Kier alpha value is -1.95. The van der Waals surface area contributed by atoms with Gasteiger partial charge in [0.2, 0.25) is 0 Å². The molecule has 1 aliphatic heterocycles. The molecule has 1 amide bonds. The molecule has 0 bridgehead atoms. The molecule has 110 valence electrons. The number of hydrogen-bond donors (Lipinski definition) is 3. The van der Waals surface area contributed by atoms with Gasteiger partial charge in [-0.15, -0.1) is 0 Å². The van der Waals surface area contributed by atoms with E-state index in [1.165, 1.54) is 12.1 Å². The molecule has 2 aliphatic rings. The van der Waals surface area contributed by atoms with Crippen LogP contribution in [-0.2, 0) is 4.79 Å². The maximum absolute atomic E-state index is 13.1. The van der Waals surface area contributed by atoms with Crippen LogP contribution >= 0.6 is 12.2 Å². The zero-order chi connectivity index (χ0) is 15.0. The number of benzene rings is 1. The van der Waals surface area contributed by atoms with Gasteiger partial charge in [-0.2, -0.15) is 0 Å². The van der Waals surface area contributed by atoms with Crippen molar-refractivity contribution >= 4 is 23.2 Å². The van der Waals surface area contributed by atoms with Crippen LogP contribution in [0.2, 0.25) is 0 Å². The number of hydrogen-bond acceptors (Lipinski definition) is 2. The summed E-state index contributed by atoms with van der Waals surface area (Å²) in [5.74, 6) is -0.410. The highest BCUT2D eigenvalue weighted by molar-refractivity contribution is 7.80. The summed E-state index contributed by atoms with van der Waals surface area (Å²) >= 11 is 5.16. The van der Waals surface area contributed by atoms with Gasteiger partial charge in [0.15, 0.2) is 5.11 Å². The molecule has 0 aromatic heterocycles. The largest absolute Gasteiger partial charge is 0.351 e. The highest BCUT2D eigenvalue weighted by Crippen LogP contribution is 2.28. The van der Waals surface area contributed by atoms with E-state index in [4.69, 9.17) is 12.2 Å². The predicted octanol–water partition coefficient (Wildman–Crippen LogP) is 1.90. The lowest BCUT2D eigenvalue weighted by Gasteiger charge is -2.30. The lowest BCUT2D eigenvalue weighted by atomic mass is 9.95. The Morgan fingerprint density at radius 1 is 1.33 bits per heavy atom. The zero-order valence-corrected chi connectivity index (χ0v) is 12.4. The number of nitrogens with one attached hydrogen (secondary N) is 3. The molecule has 1 atom stereocenters. The molecule has 0 radical (unpaired) electrons. The van der Waals surface area contributed by atoms with Gasteiger partial charge in [-0.1, -0.05) is 12.1 Å². The topological polar surface area (TPSA) is 53.2 Å². The van der Waals surface area contributed by atoms with Crippen molar-refractivity contribution in [2.45, 2.75) is 31.8 Å². The monoisotopic (exact) mass is 305 g/mol. The Bertz CT molecular complexity index is 622. The molecule has 3 rings (SSSR count). The molecule has 1 heterocycles. The number of rotatable bonds is 3. The lowest BCUT2D eigenvalue weighted by Crippen LogP contribution is -2.47. The van der Waals surface area contributed by atoms with E-state index in [-0.39, 0.29) is 23.8 Å². The van der Waals surface area contributed by atoms with E-state index in [1.807, 2.05) is 6.92 Å². The quantitative estimate of drug-likeness (QED) is 0.747. The molecule has 1 fully saturated rings. The van der Waals surface area contributed by atoms with E-state index < -0.39 is 0 Å². The van der Waals surface area contributed by atoms with Gasteiger partial charge in [0.1, 0.15) is 5.82 Å². The fraction of sp³-hybridized carbons (Fsp3) is 0.333. The highest BCUT2D eigenvalue weighted by Gasteiger charge is 2.32. The van der Waals surface area contributed by atoms with Crippen molar-refractivity contribution in [1.29, 1.82) is 0 Å². The van der Waals surface area contributed by atoms with Crippen LogP contribution in [0.25, 0.3) is 0 Å². The lowest BCUT2D eigenvalue weighted by molar-refractivity contribution is -0.118. The second-order valence-electron chi connectivity index (χ2n) is 5.37. The summed E-state index contributed by atoms with van der Waals surface area (Å²) in [7, 11) is 0. The molecular formula is C15H16FN3OS. The molecule has 0 unspecified atom stereocenters. The van der Waals surface area contributed by atoms with Crippen molar-refractivity contribution in [2.24, 2.45) is 0 Å². The molecule has 1 aromatic carbocycles. The van der Waals surface area contributed by atoms with Crippen LogP contribution in [0.1, 0.15) is 31.4 Å². The van der Waals surface area contributed by atoms with Gasteiger partial charge in [0.05, 0.1) is 11.6 Å². The maximum Gasteiger partial charge on any atom is 0.251 e. The van der Waals surface area contributed by atoms with Crippen molar-refractivity contribution < 1.29 is 9.18 Å². The number of thiocarbonyl (C=S) groups is 1. The average Bonchev–Trinajstić information content (AvgIpc) is 3.22. The van der Waals surface area contributed by atoms with E-state index in [2.05, 4.69) is 16.0 Å². The molecule has 0 saturated heterocycles. The molecule has 1 saturated carbocycles. The predicted molar refractivity (Wildman–Crippen MR) is 81.9 cm³/mol. The van der Waals surface area contributed by atoms with Crippen molar-refractivity contribution in [1.82, 2.24) is 16.0 Å². The van der Waals surface area contributed by atoms with Crippen LogP contribution in [0.15, 0.2) is 35.5 Å². The molecule has 6 heteroatoms. The number of allylic oxidation sites excluding steroid dienone is 1. The van der Waals surface area contributed by atoms with Gasteiger partial charge < -0.3 is 16.0 Å². The summed E-state index contributed by atoms with van der Waals surface area (Å²) in [5.41, 5.74) is 2.13. The third-order valence-electron chi connectivity index (χ3n) is 3.63. The van der Waals surface area contributed by atoms with Gasteiger partial charge >= 0.3 is 0 Å². The Morgan fingerprint density at radius 3 is 2.62 bits per heavy atom. The first-order valence-electron chi connectivity index (χ1n) is 6.89. The van der Waals surface area contributed by atoms with Crippen LogP contribution in [0, 0.1) is 5.82 Å². The Balaban J connectivity index is 1.94. The van der Waals surface area contributed by atoms with Crippen LogP contribution in [0.3, 0.4) is 0 Å². The standard InChI is InChI=1S/C15H16FN3OS/c1-8-12(14(20)18-11-6-7-11)13(19-15(21)17-8)9-2-4-10(16)5-3-9/h2-5,11,13H,6-7H2,1H3,(H,18,20)(H2,17,19,21)/t13-/m0/s1. The van der Waals surface area contributed by atoms with Gasteiger partial charge in [-0.3, -0.25) is 4.79 Å². The van der Waals surface area contributed by atoms with Crippen LogP contribution in [0.4, 0.5) is 4.39 Å². The number of amides is 1. The van der Waals surface area contributed by atoms with Crippen molar-refractivity contribution in [3.05, 3.63) is 46.9 Å². The van der Waals surface area contributed by atoms with Gasteiger partial charge in [0.25, 0.3) is 5.91 Å². The molecule has 21 heavy (non-hydrogen) atoms. The minimum atomic E-state index is -0.363. The molecule has 0 spiro atoms. The van der Waals surface area contributed by atoms with E-state index in [1.54, 1.807) is 12.1 Å². The fourth-order valence-corrected chi connectivity index (χ4v) is 2.66. The molecule has 1 aliphatic carbocycles. The minimum absolute atomic E-state index is 0.105. The van der Waals surface area contributed by atoms with E-state index in [0.717, 1.165) is 24.1 Å². The Morgan fingerprint density at radius 2 is 2.00 bits per heavy atom. The van der Waals surface area contributed by atoms with Crippen molar-refractivity contribution in [3.63, 3.8) is 0 Å². The Labute approximate surface area is 127 Å². The summed E-state index contributed by atoms with van der Waals surface area (Å²) in [4.78, 5) is 12.4. The van der Waals surface area contributed by atoms with E-state index in [0.29, 0.717) is 10.7 Å². The van der Waals surface area contributed by atoms with Crippen LogP contribution < -0.4 is 16.0 Å². The zero-order valence-electron chi connectivity index (χ0n) is 11.6. The van der Waals surface area contributed by atoms with Gasteiger partial charge in [-0.05, 0) is 49.7 Å². The van der Waals surface area contributed by atoms with E-state index >= 15 is 0 Å². The summed E-state index contributed by atoms with van der Waals surface area (Å²) in [6.07, 6.45) is 2.05. The second-order valence-corrected chi connectivity index (χ2v) is 5.78. The normalized spacial score (nSPS) is 21.6. The second kappa shape index (κ2) is 5.44. The average molecular weight is 305 g/mol. The van der Waals surface area contributed by atoms with E-state index in [9.17, 15) is 9.18 Å². The first-order valence-corrected chi connectivity index (χ1v) is 7.30. The first-order chi connectivity index (χ1) is 10.0. The van der Waals surface area contributed by atoms with Crippen molar-refractivity contribution in [3.8, 4) is 0 Å². The summed E-state index contributed by atoms with van der Waals surface area (Å²) in [5, 5.41) is 9.51. The highest BCUT2D eigenvalue weighted by atomic mass is 32.1. The SMILES string of the molecule is CC1=C(C(=O)NC2CC2)[C@H](c2ccc(F)cc2)NC(=S)N1. The molecule has 3 N–H and O–H groups in total. The molecule has 1 aromatic rings. The molecular weight excluding hydrogens is 289 g/mol. The number of carbonyl (C=O) groups excluding carboxylic acids is 1. The number of carbonyl (C=O) groups is 1. The summed E-state index contributed by atoms with van der Waals surface area (Å²) in [6.45, 7) is 1.82. The third kappa shape index (κ3) is 3.05.